The van der Waals surface area contributed by atoms with Gasteiger partial charge in [0, 0.05) is 49.6 Å². The lowest BCUT2D eigenvalue weighted by atomic mass is 9.76. The molecule has 1 spiro atoms. The van der Waals surface area contributed by atoms with E-state index >= 15 is 0 Å². The number of nitrogens with one attached hydrogen (secondary N) is 2. The van der Waals surface area contributed by atoms with Crippen molar-refractivity contribution in [3.8, 4) is 0 Å². The van der Waals surface area contributed by atoms with Crippen LogP contribution in [0, 0.1) is 0 Å². The molecule has 5 rings (SSSR count). The number of amides is 1. The number of likely N-dealkylation sites (tertiary alicyclic amines) is 1. The van der Waals surface area contributed by atoms with Crippen molar-refractivity contribution in [2.45, 2.75) is 31.1 Å². The fourth-order valence-corrected chi connectivity index (χ4v) is 4.72. The van der Waals surface area contributed by atoms with Crippen molar-refractivity contribution in [2.24, 2.45) is 0 Å². The van der Waals surface area contributed by atoms with Gasteiger partial charge < -0.3 is 19.5 Å². The van der Waals surface area contributed by atoms with Crippen molar-refractivity contribution in [1.82, 2.24) is 24.8 Å². The largest absolute Gasteiger partial charge is 0.378 e. The average molecular weight is 384 g/mol. The molecular weight excluding hydrogens is 360 g/mol. The van der Waals surface area contributed by atoms with Gasteiger partial charge in [0.25, 0.3) is 11.5 Å². The lowest BCUT2D eigenvalue weighted by Gasteiger charge is -2.39. The molecule has 1 amide bonds. The number of fused-ring (bicyclic) bond motifs is 2. The summed E-state index contributed by atoms with van der Waals surface area (Å²) in [5.74, 6) is 0.973. The van der Waals surface area contributed by atoms with E-state index in [0.717, 1.165) is 50.0 Å². The molecule has 148 valence electrons. The van der Waals surface area contributed by atoms with Gasteiger partial charge in [0.2, 0.25) is 5.95 Å². The number of aromatic amines is 2. The first kappa shape index (κ1) is 17.4. The van der Waals surface area contributed by atoms with E-state index in [0.29, 0.717) is 38.1 Å². The molecule has 1 aliphatic carbocycles. The number of aromatic nitrogens is 4. The fourth-order valence-electron chi connectivity index (χ4n) is 4.72. The van der Waals surface area contributed by atoms with Crippen LogP contribution < -0.4 is 10.5 Å². The first-order chi connectivity index (χ1) is 13.7. The topological polar surface area (TPSA) is 107 Å². The third-order valence-electron chi connectivity index (χ3n) is 6.38. The molecule has 0 bridgehead atoms. The highest BCUT2D eigenvalue weighted by Gasteiger charge is 2.45. The van der Waals surface area contributed by atoms with Crippen molar-refractivity contribution in [3.05, 3.63) is 39.8 Å². The summed E-state index contributed by atoms with van der Waals surface area (Å²) in [7, 11) is 0. The Labute approximate surface area is 162 Å². The number of carbonyl (C=O) groups is 1. The minimum Gasteiger partial charge on any atom is -0.378 e. The number of H-pyrrole nitrogens is 2. The molecule has 9 heteroatoms. The number of anilines is 1. The van der Waals surface area contributed by atoms with E-state index in [9.17, 15) is 9.59 Å². The zero-order valence-corrected chi connectivity index (χ0v) is 15.7. The maximum Gasteiger partial charge on any atom is 0.289 e. The van der Waals surface area contributed by atoms with Crippen molar-refractivity contribution in [1.29, 1.82) is 0 Å². The minimum atomic E-state index is -0.107. The van der Waals surface area contributed by atoms with Crippen LogP contribution in [0.3, 0.4) is 0 Å². The van der Waals surface area contributed by atoms with E-state index in [1.165, 1.54) is 0 Å². The maximum absolute atomic E-state index is 12.7. The molecule has 2 aromatic rings. The highest BCUT2D eigenvalue weighted by molar-refractivity contribution is 5.90. The van der Waals surface area contributed by atoms with Crippen LogP contribution in [0.15, 0.2) is 17.2 Å². The number of hydrogen-bond acceptors (Lipinski definition) is 6. The van der Waals surface area contributed by atoms with Gasteiger partial charge in [-0.3, -0.25) is 14.6 Å². The monoisotopic (exact) mass is 384 g/mol. The van der Waals surface area contributed by atoms with E-state index < -0.39 is 0 Å². The normalized spacial score (nSPS) is 21.1. The fraction of sp³-hybridized carbons (Fsp3) is 0.579. The molecule has 2 aromatic heterocycles. The van der Waals surface area contributed by atoms with E-state index in [4.69, 9.17) is 9.72 Å². The summed E-state index contributed by atoms with van der Waals surface area (Å²) in [5.41, 5.74) is 1.65. The van der Waals surface area contributed by atoms with Gasteiger partial charge in [-0.15, -0.1) is 0 Å². The second-order valence-electron chi connectivity index (χ2n) is 7.83. The summed E-state index contributed by atoms with van der Waals surface area (Å²) in [5, 5.41) is 0. The number of nitrogens with zero attached hydrogens (tertiary/aromatic N) is 4. The van der Waals surface area contributed by atoms with Gasteiger partial charge in [-0.05, 0) is 25.7 Å². The quantitative estimate of drug-likeness (QED) is 0.779. The molecule has 0 unspecified atom stereocenters. The second kappa shape index (κ2) is 6.73. The van der Waals surface area contributed by atoms with Crippen LogP contribution in [0.4, 0.5) is 5.95 Å². The molecule has 2 aliphatic heterocycles. The van der Waals surface area contributed by atoms with Crippen molar-refractivity contribution in [2.75, 3.05) is 44.3 Å². The molecule has 2 saturated heterocycles. The smallest absolute Gasteiger partial charge is 0.289 e. The molecule has 4 heterocycles. The lowest BCUT2D eigenvalue weighted by molar-refractivity contribution is 0.0652. The van der Waals surface area contributed by atoms with E-state index in [1.807, 2.05) is 4.90 Å². The Morgan fingerprint density at radius 2 is 1.93 bits per heavy atom. The minimum absolute atomic E-state index is 0.0162. The van der Waals surface area contributed by atoms with Gasteiger partial charge in [-0.25, -0.2) is 9.97 Å². The number of hydrogen-bond donors (Lipinski definition) is 2. The molecule has 0 saturated carbocycles. The number of carbonyl (C=O) groups excluding carboxylic acids is 1. The number of piperidine rings is 1. The first-order valence-electron chi connectivity index (χ1n) is 9.91. The highest BCUT2D eigenvalue weighted by atomic mass is 16.5. The van der Waals surface area contributed by atoms with Crippen LogP contribution in [0.25, 0.3) is 0 Å². The number of morpholine rings is 1. The van der Waals surface area contributed by atoms with Crippen molar-refractivity contribution >= 4 is 11.9 Å². The summed E-state index contributed by atoms with van der Waals surface area (Å²) in [6.45, 7) is 4.08. The van der Waals surface area contributed by atoms with Gasteiger partial charge in [-0.2, -0.15) is 0 Å². The molecular formula is C19H24N6O3. The summed E-state index contributed by atoms with van der Waals surface area (Å²) >= 11 is 0. The van der Waals surface area contributed by atoms with E-state index in [-0.39, 0.29) is 16.9 Å². The Morgan fingerprint density at radius 3 is 2.64 bits per heavy atom. The molecule has 0 radical (unpaired) electrons. The highest BCUT2D eigenvalue weighted by Crippen LogP contribution is 2.44. The van der Waals surface area contributed by atoms with Gasteiger partial charge in [0.15, 0.2) is 5.82 Å². The molecule has 0 aromatic carbocycles. The molecule has 3 aliphatic rings. The Morgan fingerprint density at radius 1 is 1.14 bits per heavy atom. The SMILES string of the molecule is O=C(c1ncc[nH]1)N1CCC2(CCc3c2nc(N2CCOCC2)[nH]c3=O)CC1. The molecule has 9 nitrogen and oxygen atoms in total. The predicted octanol–water partition coefficient (Wildman–Crippen LogP) is 0.450. The van der Waals surface area contributed by atoms with Crippen molar-refractivity contribution < 1.29 is 9.53 Å². The number of ether oxygens (including phenoxy) is 1. The van der Waals surface area contributed by atoms with Crippen LogP contribution in [-0.2, 0) is 16.6 Å². The zero-order chi connectivity index (χ0) is 19.1. The van der Waals surface area contributed by atoms with E-state index in [2.05, 4.69) is 19.9 Å². The number of imidazole rings is 1. The Balaban J connectivity index is 1.39. The van der Waals surface area contributed by atoms with Crippen LogP contribution in [-0.4, -0.2) is 70.1 Å². The van der Waals surface area contributed by atoms with E-state index in [1.54, 1.807) is 12.4 Å². The van der Waals surface area contributed by atoms with Crippen LogP contribution in [0.5, 0.6) is 0 Å². The second-order valence-corrected chi connectivity index (χ2v) is 7.83. The van der Waals surface area contributed by atoms with Gasteiger partial charge in [-0.1, -0.05) is 0 Å². The van der Waals surface area contributed by atoms with Crippen LogP contribution >= 0.6 is 0 Å². The summed E-state index contributed by atoms with van der Waals surface area (Å²) in [6, 6.07) is 0. The Kier molecular flexibility index (Phi) is 4.19. The third-order valence-corrected chi connectivity index (χ3v) is 6.38. The van der Waals surface area contributed by atoms with Crippen LogP contribution in [0.1, 0.15) is 41.1 Å². The van der Waals surface area contributed by atoms with Crippen molar-refractivity contribution in [3.63, 3.8) is 0 Å². The van der Waals surface area contributed by atoms with Gasteiger partial charge in [0.1, 0.15) is 0 Å². The predicted molar refractivity (Wildman–Crippen MR) is 102 cm³/mol. The standard InChI is InChI=1S/C19H24N6O3/c26-16-13-1-2-19(14(13)22-18(23-16)25-9-11-28-12-10-25)3-7-24(8-4-19)17(27)15-20-5-6-21-15/h5-6H,1-4,7-12H2,(H,20,21)(H,22,23,26). The molecule has 28 heavy (non-hydrogen) atoms. The zero-order valence-electron chi connectivity index (χ0n) is 15.7. The summed E-state index contributed by atoms with van der Waals surface area (Å²) in [4.78, 5) is 44.1. The average Bonchev–Trinajstić information content (AvgIpc) is 3.38. The number of rotatable bonds is 2. The van der Waals surface area contributed by atoms with Gasteiger partial charge in [0.05, 0.1) is 18.9 Å². The van der Waals surface area contributed by atoms with Gasteiger partial charge >= 0.3 is 0 Å². The lowest BCUT2D eigenvalue weighted by Crippen LogP contribution is -2.45. The molecule has 2 N–H and O–H groups in total. The summed E-state index contributed by atoms with van der Waals surface area (Å²) < 4.78 is 5.41. The third kappa shape index (κ3) is 2.81. The molecule has 2 fully saturated rings. The maximum atomic E-state index is 12.7. The Bertz CT molecular complexity index is 924. The molecule has 0 atom stereocenters. The Hall–Kier alpha value is -2.68. The van der Waals surface area contributed by atoms with Crippen LogP contribution in [0.2, 0.25) is 0 Å². The first-order valence-corrected chi connectivity index (χ1v) is 9.91. The summed E-state index contributed by atoms with van der Waals surface area (Å²) in [6.07, 6.45) is 6.59.